The van der Waals surface area contributed by atoms with Gasteiger partial charge in [-0.3, -0.25) is 0 Å². The van der Waals surface area contributed by atoms with Crippen LogP contribution in [-0.4, -0.2) is 26.9 Å². The van der Waals surface area contributed by atoms with Crippen LogP contribution in [0.25, 0.3) is 16.7 Å². The molecule has 0 aliphatic rings. The molecule has 0 radical (unpaired) electrons. The summed E-state index contributed by atoms with van der Waals surface area (Å²) in [6.45, 7) is 2.63. The molecule has 92 valence electrons. The number of hydrogen-bond acceptors (Lipinski definition) is 4. The van der Waals surface area contributed by atoms with Crippen molar-refractivity contribution in [2.45, 2.75) is 13.5 Å². The molecule has 0 spiro atoms. The van der Waals surface area contributed by atoms with Gasteiger partial charge in [-0.05, 0) is 25.6 Å². The number of fused-ring (bicyclic) bond motifs is 3. The second-order valence-corrected chi connectivity index (χ2v) is 4.57. The van der Waals surface area contributed by atoms with Gasteiger partial charge in [-0.1, -0.05) is 17.7 Å². The lowest BCUT2D eigenvalue weighted by Gasteiger charge is -2.06. The van der Waals surface area contributed by atoms with Gasteiger partial charge in [0, 0.05) is 12.6 Å². The van der Waals surface area contributed by atoms with Crippen LogP contribution in [0.2, 0.25) is 5.02 Å². The first-order valence-electron chi connectivity index (χ1n) is 5.65. The van der Waals surface area contributed by atoms with Crippen LogP contribution < -0.4 is 5.32 Å². The number of aromatic nitrogens is 4. The molecule has 0 saturated heterocycles. The van der Waals surface area contributed by atoms with Gasteiger partial charge in [-0.15, -0.1) is 10.2 Å². The maximum atomic E-state index is 6.34. The highest BCUT2D eigenvalue weighted by molar-refractivity contribution is 6.35. The van der Waals surface area contributed by atoms with E-state index >= 15 is 0 Å². The highest BCUT2D eigenvalue weighted by Gasteiger charge is 2.11. The summed E-state index contributed by atoms with van der Waals surface area (Å²) in [5.74, 6) is 0. The van der Waals surface area contributed by atoms with E-state index in [2.05, 4.69) is 20.6 Å². The lowest BCUT2D eigenvalue weighted by molar-refractivity contribution is 0.817. The summed E-state index contributed by atoms with van der Waals surface area (Å²) < 4.78 is 1.77. The number of aryl methyl sites for hydroxylation is 1. The minimum Gasteiger partial charge on any atom is -0.316 e. The van der Waals surface area contributed by atoms with E-state index in [-0.39, 0.29) is 0 Å². The van der Waals surface area contributed by atoms with E-state index in [4.69, 9.17) is 11.6 Å². The Morgan fingerprint density at radius 2 is 2.17 bits per heavy atom. The van der Waals surface area contributed by atoms with Gasteiger partial charge in [0.1, 0.15) is 5.52 Å². The van der Waals surface area contributed by atoms with E-state index in [0.29, 0.717) is 17.1 Å². The van der Waals surface area contributed by atoms with Crippen molar-refractivity contribution in [2.24, 2.45) is 0 Å². The Morgan fingerprint density at radius 1 is 1.33 bits per heavy atom. The van der Waals surface area contributed by atoms with Crippen LogP contribution in [-0.2, 0) is 6.54 Å². The summed E-state index contributed by atoms with van der Waals surface area (Å²) in [6, 6.07) is 5.85. The number of nitrogens with one attached hydrogen (secondary N) is 1. The van der Waals surface area contributed by atoms with Crippen molar-refractivity contribution in [3.63, 3.8) is 0 Å². The molecule has 1 aromatic carbocycles. The molecule has 0 aliphatic heterocycles. The average Bonchev–Trinajstić information content (AvgIpc) is 2.73. The van der Waals surface area contributed by atoms with Crippen molar-refractivity contribution in [1.82, 2.24) is 25.1 Å². The molecular formula is C12H12ClN5. The van der Waals surface area contributed by atoms with Crippen molar-refractivity contribution >= 4 is 28.3 Å². The third-order valence-electron chi connectivity index (χ3n) is 2.84. The summed E-state index contributed by atoms with van der Waals surface area (Å²) in [6.07, 6.45) is 0. The molecule has 0 unspecified atom stereocenters. The van der Waals surface area contributed by atoms with Gasteiger partial charge in [0.15, 0.2) is 5.65 Å². The van der Waals surface area contributed by atoms with Gasteiger partial charge >= 0.3 is 0 Å². The second kappa shape index (κ2) is 4.19. The van der Waals surface area contributed by atoms with Crippen LogP contribution >= 0.6 is 11.6 Å². The Labute approximate surface area is 109 Å². The van der Waals surface area contributed by atoms with Crippen LogP contribution in [0.4, 0.5) is 0 Å². The minimum atomic E-state index is 0.629. The molecule has 5 nitrogen and oxygen atoms in total. The van der Waals surface area contributed by atoms with Crippen LogP contribution in [0.1, 0.15) is 11.3 Å². The summed E-state index contributed by atoms with van der Waals surface area (Å²) in [5, 5.41) is 16.4. The van der Waals surface area contributed by atoms with Gasteiger partial charge in [-0.25, -0.2) is 4.52 Å². The molecule has 0 saturated carbocycles. The molecule has 6 heteroatoms. The molecule has 2 aromatic heterocycles. The molecule has 18 heavy (non-hydrogen) atoms. The maximum Gasteiger partial charge on any atom is 0.178 e. The maximum absolute atomic E-state index is 6.34. The molecule has 0 atom stereocenters. The molecule has 3 rings (SSSR count). The Morgan fingerprint density at radius 3 is 2.94 bits per heavy atom. The highest BCUT2D eigenvalue weighted by Crippen LogP contribution is 2.25. The molecular weight excluding hydrogens is 250 g/mol. The molecule has 0 amide bonds. The van der Waals surface area contributed by atoms with Crippen molar-refractivity contribution in [2.75, 3.05) is 7.05 Å². The first kappa shape index (κ1) is 11.4. The zero-order valence-electron chi connectivity index (χ0n) is 10.1. The Bertz CT molecular complexity index is 734. The third-order valence-corrected chi connectivity index (χ3v) is 3.26. The number of halogens is 1. The summed E-state index contributed by atoms with van der Waals surface area (Å²) in [4.78, 5) is 0. The van der Waals surface area contributed by atoms with E-state index in [0.717, 1.165) is 22.4 Å². The molecule has 1 N–H and O–H groups in total. The third kappa shape index (κ3) is 1.63. The van der Waals surface area contributed by atoms with Gasteiger partial charge < -0.3 is 5.32 Å². The topological polar surface area (TPSA) is 55.1 Å². The van der Waals surface area contributed by atoms with Gasteiger partial charge in [0.2, 0.25) is 0 Å². The first-order chi connectivity index (χ1) is 8.70. The lowest BCUT2D eigenvalue weighted by atomic mass is 10.2. The van der Waals surface area contributed by atoms with Crippen LogP contribution in [0.15, 0.2) is 18.2 Å². The lowest BCUT2D eigenvalue weighted by Crippen LogP contribution is -2.06. The number of rotatable bonds is 2. The predicted octanol–water partition coefficient (Wildman–Crippen LogP) is 1.96. The zero-order chi connectivity index (χ0) is 12.7. The average molecular weight is 262 g/mol. The molecule has 3 aromatic rings. The minimum absolute atomic E-state index is 0.629. The van der Waals surface area contributed by atoms with Crippen molar-refractivity contribution in [3.05, 3.63) is 34.5 Å². The normalized spacial score (nSPS) is 11.5. The Kier molecular flexibility index (Phi) is 2.65. The van der Waals surface area contributed by atoms with Gasteiger partial charge in [-0.2, -0.15) is 5.10 Å². The largest absolute Gasteiger partial charge is 0.316 e. The first-order valence-corrected chi connectivity index (χ1v) is 6.03. The Hall–Kier alpha value is -1.72. The molecule has 2 heterocycles. The number of benzene rings is 1. The number of hydrogen-bond donors (Lipinski definition) is 1. The fourth-order valence-electron chi connectivity index (χ4n) is 2.02. The smallest absolute Gasteiger partial charge is 0.178 e. The number of nitrogens with zero attached hydrogens (tertiary/aromatic N) is 4. The highest BCUT2D eigenvalue weighted by atomic mass is 35.5. The van der Waals surface area contributed by atoms with Crippen LogP contribution in [0.5, 0.6) is 0 Å². The monoisotopic (exact) mass is 261 g/mol. The summed E-state index contributed by atoms with van der Waals surface area (Å²) >= 11 is 6.34. The summed E-state index contributed by atoms with van der Waals surface area (Å²) in [5.41, 5.74) is 4.20. The van der Waals surface area contributed by atoms with E-state index < -0.39 is 0 Å². The standard InChI is InChI=1S/C12H12ClN5/c1-7-5-10-15-16-12-9(18(10)17-7)4-3-8(6-14-2)11(12)13/h3-5,14H,6H2,1-2H3. The van der Waals surface area contributed by atoms with E-state index in [1.807, 2.05) is 32.2 Å². The fourth-order valence-corrected chi connectivity index (χ4v) is 2.29. The van der Waals surface area contributed by atoms with Crippen LogP contribution in [0, 0.1) is 6.92 Å². The van der Waals surface area contributed by atoms with Gasteiger partial charge in [0.25, 0.3) is 0 Å². The quantitative estimate of drug-likeness (QED) is 0.766. The van der Waals surface area contributed by atoms with E-state index in [1.165, 1.54) is 0 Å². The molecule has 0 fully saturated rings. The van der Waals surface area contributed by atoms with E-state index in [9.17, 15) is 0 Å². The molecule has 0 bridgehead atoms. The van der Waals surface area contributed by atoms with Gasteiger partial charge in [0.05, 0.1) is 16.2 Å². The fraction of sp³-hybridized carbons (Fsp3) is 0.250. The molecule has 0 aliphatic carbocycles. The summed E-state index contributed by atoms with van der Waals surface area (Å²) in [7, 11) is 1.88. The zero-order valence-corrected chi connectivity index (χ0v) is 10.9. The van der Waals surface area contributed by atoms with E-state index in [1.54, 1.807) is 4.52 Å². The van der Waals surface area contributed by atoms with Crippen molar-refractivity contribution in [3.8, 4) is 0 Å². The SMILES string of the molecule is CNCc1ccc2c(nnc3cc(C)nn32)c1Cl. The predicted molar refractivity (Wildman–Crippen MR) is 70.8 cm³/mol. The van der Waals surface area contributed by atoms with Crippen molar-refractivity contribution < 1.29 is 0 Å². The second-order valence-electron chi connectivity index (χ2n) is 4.19. The van der Waals surface area contributed by atoms with Crippen molar-refractivity contribution in [1.29, 1.82) is 0 Å². The van der Waals surface area contributed by atoms with Crippen LogP contribution in [0.3, 0.4) is 0 Å². The Balaban J connectivity index is 2.36.